The van der Waals surface area contributed by atoms with Crippen LogP contribution in [0.5, 0.6) is 0 Å². The summed E-state index contributed by atoms with van der Waals surface area (Å²) in [6.45, 7) is 3.95. The molecule has 0 aliphatic heterocycles. The third-order valence-electron chi connectivity index (χ3n) is 4.59. The van der Waals surface area contributed by atoms with Crippen molar-refractivity contribution in [2.24, 2.45) is 7.05 Å². The molecular weight excluding hydrogens is 344 g/mol. The fourth-order valence-electron chi connectivity index (χ4n) is 2.83. The molecule has 3 aromatic rings. The predicted molar refractivity (Wildman–Crippen MR) is 102 cm³/mol. The van der Waals surface area contributed by atoms with Crippen molar-refractivity contribution in [3.8, 4) is 0 Å². The molecule has 0 saturated carbocycles. The molecule has 0 aliphatic rings. The number of carbonyl (C=O) groups is 2. The molecule has 2 aromatic heterocycles. The summed E-state index contributed by atoms with van der Waals surface area (Å²) in [5.74, 6) is -0.00922. The SMILES string of the molecule is Cc1cc(C(=O)COC(=O)c2ccccc2NCc2ccco2)c(C)n1C. The summed E-state index contributed by atoms with van der Waals surface area (Å²) in [5, 5.41) is 3.15. The highest BCUT2D eigenvalue weighted by molar-refractivity contribution is 6.01. The molecule has 0 spiro atoms. The summed E-state index contributed by atoms with van der Waals surface area (Å²) < 4.78 is 12.5. The minimum atomic E-state index is -0.545. The highest BCUT2D eigenvalue weighted by Gasteiger charge is 2.18. The Morgan fingerprint density at radius 3 is 2.56 bits per heavy atom. The summed E-state index contributed by atoms with van der Waals surface area (Å²) in [5.41, 5.74) is 3.41. The van der Waals surface area contributed by atoms with Crippen molar-refractivity contribution in [3.63, 3.8) is 0 Å². The van der Waals surface area contributed by atoms with Gasteiger partial charge in [-0.1, -0.05) is 12.1 Å². The fraction of sp³-hybridized carbons (Fsp3) is 0.238. The first-order chi connectivity index (χ1) is 13.0. The lowest BCUT2D eigenvalue weighted by Gasteiger charge is -2.11. The molecule has 0 bridgehead atoms. The molecule has 0 fully saturated rings. The predicted octanol–water partition coefficient (Wildman–Crippen LogP) is 3.89. The number of carbonyl (C=O) groups excluding carboxylic acids is 2. The number of hydrogen-bond acceptors (Lipinski definition) is 5. The van der Waals surface area contributed by atoms with Crippen LogP contribution >= 0.6 is 0 Å². The highest BCUT2D eigenvalue weighted by Crippen LogP contribution is 2.18. The van der Waals surface area contributed by atoms with E-state index in [1.54, 1.807) is 30.5 Å². The smallest absolute Gasteiger partial charge is 0.340 e. The van der Waals surface area contributed by atoms with Gasteiger partial charge in [-0.05, 0) is 44.2 Å². The lowest BCUT2D eigenvalue weighted by Crippen LogP contribution is -2.16. The molecule has 0 atom stereocenters. The summed E-state index contributed by atoms with van der Waals surface area (Å²) in [4.78, 5) is 24.9. The van der Waals surface area contributed by atoms with E-state index in [9.17, 15) is 9.59 Å². The van der Waals surface area contributed by atoms with Gasteiger partial charge in [-0.3, -0.25) is 4.79 Å². The third-order valence-corrected chi connectivity index (χ3v) is 4.59. The number of esters is 1. The third kappa shape index (κ3) is 4.11. The first kappa shape index (κ1) is 18.5. The molecule has 0 radical (unpaired) electrons. The van der Waals surface area contributed by atoms with Crippen molar-refractivity contribution >= 4 is 17.4 Å². The van der Waals surface area contributed by atoms with Gasteiger partial charge in [-0.15, -0.1) is 0 Å². The van der Waals surface area contributed by atoms with Crippen LogP contribution in [0.1, 0.15) is 37.9 Å². The van der Waals surface area contributed by atoms with Gasteiger partial charge in [0.1, 0.15) is 5.76 Å². The molecule has 0 amide bonds. The molecular formula is C21H22N2O4. The maximum Gasteiger partial charge on any atom is 0.340 e. The second-order valence-corrected chi connectivity index (χ2v) is 6.32. The maximum absolute atomic E-state index is 12.5. The van der Waals surface area contributed by atoms with Gasteiger partial charge in [-0.25, -0.2) is 4.79 Å². The Kier molecular flexibility index (Phi) is 5.45. The highest BCUT2D eigenvalue weighted by atomic mass is 16.5. The topological polar surface area (TPSA) is 73.5 Å². The Bertz CT molecular complexity index is 955. The van der Waals surface area contributed by atoms with Crippen LogP contribution in [0.3, 0.4) is 0 Å². The first-order valence-corrected chi connectivity index (χ1v) is 8.66. The number of ketones is 1. The molecule has 0 unspecified atom stereocenters. The van der Waals surface area contributed by atoms with E-state index < -0.39 is 5.97 Å². The molecule has 3 rings (SSSR count). The molecule has 1 N–H and O–H groups in total. The van der Waals surface area contributed by atoms with Crippen LogP contribution in [-0.4, -0.2) is 22.9 Å². The Morgan fingerprint density at radius 2 is 1.89 bits per heavy atom. The number of hydrogen-bond donors (Lipinski definition) is 1. The van der Waals surface area contributed by atoms with Crippen LogP contribution in [-0.2, 0) is 18.3 Å². The minimum absolute atomic E-state index is 0.217. The van der Waals surface area contributed by atoms with Gasteiger partial charge in [0, 0.05) is 29.7 Å². The number of anilines is 1. The van der Waals surface area contributed by atoms with Gasteiger partial charge in [0.2, 0.25) is 5.78 Å². The van der Waals surface area contributed by atoms with Crippen LogP contribution in [0.25, 0.3) is 0 Å². The Balaban J connectivity index is 1.65. The Hall–Kier alpha value is -3.28. The van der Waals surface area contributed by atoms with E-state index in [0.717, 1.165) is 17.1 Å². The second kappa shape index (κ2) is 7.95. The number of nitrogens with zero attached hydrogens (tertiary/aromatic N) is 1. The van der Waals surface area contributed by atoms with Crippen molar-refractivity contribution in [1.82, 2.24) is 4.57 Å². The lowest BCUT2D eigenvalue weighted by molar-refractivity contribution is 0.0475. The zero-order valence-electron chi connectivity index (χ0n) is 15.6. The van der Waals surface area contributed by atoms with Crippen molar-refractivity contribution in [3.05, 3.63) is 77.0 Å². The number of aromatic nitrogens is 1. The van der Waals surface area contributed by atoms with Crippen molar-refractivity contribution in [2.75, 3.05) is 11.9 Å². The quantitative estimate of drug-likeness (QED) is 0.507. The van der Waals surface area contributed by atoms with Crippen LogP contribution in [0.15, 0.2) is 53.1 Å². The van der Waals surface area contributed by atoms with E-state index >= 15 is 0 Å². The average molecular weight is 366 g/mol. The van der Waals surface area contributed by atoms with E-state index in [0.29, 0.717) is 23.4 Å². The van der Waals surface area contributed by atoms with E-state index in [4.69, 9.17) is 9.15 Å². The number of rotatable bonds is 7. The number of Topliss-reactive ketones (excluding diaryl/α,β-unsaturated/α-hetero) is 1. The van der Waals surface area contributed by atoms with E-state index in [1.807, 2.05) is 43.7 Å². The molecule has 2 heterocycles. The Labute approximate surface area is 157 Å². The van der Waals surface area contributed by atoms with Crippen LogP contribution in [0.2, 0.25) is 0 Å². The molecule has 0 saturated heterocycles. The van der Waals surface area contributed by atoms with Gasteiger partial charge in [-0.2, -0.15) is 0 Å². The number of ether oxygens (including phenoxy) is 1. The van der Waals surface area contributed by atoms with Gasteiger partial charge in [0.25, 0.3) is 0 Å². The number of nitrogens with one attached hydrogen (secondary N) is 1. The number of furan rings is 1. The normalized spacial score (nSPS) is 10.6. The van der Waals surface area contributed by atoms with Crippen LogP contribution < -0.4 is 5.32 Å². The standard InChI is InChI=1S/C21H22N2O4/c1-14-11-18(15(2)23(14)3)20(24)13-27-21(25)17-8-4-5-9-19(17)22-12-16-7-6-10-26-16/h4-11,22H,12-13H2,1-3H3. The number of aryl methyl sites for hydroxylation is 1. The van der Waals surface area contributed by atoms with Crippen molar-refractivity contribution in [1.29, 1.82) is 0 Å². The molecule has 6 heteroatoms. The Morgan fingerprint density at radius 1 is 1.11 bits per heavy atom. The molecule has 27 heavy (non-hydrogen) atoms. The minimum Gasteiger partial charge on any atom is -0.467 e. The average Bonchev–Trinajstić information content (AvgIpc) is 3.28. The first-order valence-electron chi connectivity index (χ1n) is 8.66. The molecule has 0 aliphatic carbocycles. The van der Waals surface area contributed by atoms with Gasteiger partial charge in [0.05, 0.1) is 18.4 Å². The molecule has 140 valence electrons. The largest absolute Gasteiger partial charge is 0.467 e. The monoisotopic (exact) mass is 366 g/mol. The van der Waals surface area contributed by atoms with E-state index in [1.165, 1.54) is 0 Å². The van der Waals surface area contributed by atoms with Crippen molar-refractivity contribution < 1.29 is 18.7 Å². The van der Waals surface area contributed by atoms with Gasteiger partial charge < -0.3 is 19.0 Å². The van der Waals surface area contributed by atoms with Gasteiger partial charge >= 0.3 is 5.97 Å². The van der Waals surface area contributed by atoms with Crippen molar-refractivity contribution in [2.45, 2.75) is 20.4 Å². The van der Waals surface area contributed by atoms with E-state index in [-0.39, 0.29) is 12.4 Å². The van der Waals surface area contributed by atoms with E-state index in [2.05, 4.69) is 5.32 Å². The lowest BCUT2D eigenvalue weighted by atomic mass is 10.1. The summed E-state index contributed by atoms with van der Waals surface area (Å²) in [7, 11) is 1.90. The second-order valence-electron chi connectivity index (χ2n) is 6.32. The summed E-state index contributed by atoms with van der Waals surface area (Å²) in [6.07, 6.45) is 1.59. The van der Waals surface area contributed by atoms with Gasteiger partial charge in [0.15, 0.2) is 6.61 Å². The fourth-order valence-corrected chi connectivity index (χ4v) is 2.83. The summed E-state index contributed by atoms with van der Waals surface area (Å²) >= 11 is 0. The maximum atomic E-state index is 12.5. The zero-order chi connectivity index (χ0) is 19.4. The van der Waals surface area contributed by atoms with Crippen LogP contribution in [0, 0.1) is 13.8 Å². The van der Waals surface area contributed by atoms with Crippen LogP contribution in [0.4, 0.5) is 5.69 Å². The summed E-state index contributed by atoms with van der Waals surface area (Å²) in [6, 6.07) is 12.5. The zero-order valence-corrected chi connectivity index (χ0v) is 15.6. The number of para-hydroxylation sites is 1. The molecule has 1 aromatic carbocycles. The number of benzene rings is 1. The molecule has 6 nitrogen and oxygen atoms in total.